The van der Waals surface area contributed by atoms with E-state index < -0.39 is 103 Å². The molecule has 20 heteroatoms. The minimum absolute atomic E-state index is 0.0410. The van der Waals surface area contributed by atoms with Gasteiger partial charge in [0, 0.05) is 30.5 Å². The molecule has 1 saturated heterocycles. The lowest BCUT2D eigenvalue weighted by molar-refractivity contribution is -0.147. The lowest BCUT2D eigenvalue weighted by Crippen LogP contribution is -2.43. The second kappa shape index (κ2) is 12.4. The Morgan fingerprint density at radius 2 is 1.87 bits per heavy atom. The van der Waals surface area contributed by atoms with E-state index in [0.29, 0.717) is 30.4 Å². The standard InChI is InChI=1S/C27H26F8N4O6S2/c1-11-8-26(31,32)10-39(11)23(40)19-20(46-22(36-19)15-7-13(45-37-15)9-25(3,4)24(41)42)14-5-6-16(18(28)17(14)21(29)30)47(43,44)38-12(2)27(33,34)35/h5-7,11-12,21,38H,8-10H2,1-4H3,(H,41,42)/t11-,12-/m0/s1. The number of halogens is 8. The number of likely N-dealkylation sites (tertiary alicyclic amines) is 1. The first kappa shape index (κ1) is 36.2. The molecule has 1 aliphatic heterocycles. The van der Waals surface area contributed by atoms with Crippen molar-refractivity contribution in [2.75, 3.05) is 6.54 Å². The zero-order valence-corrected chi connectivity index (χ0v) is 26.4. The third-order valence-electron chi connectivity index (χ3n) is 7.31. The lowest BCUT2D eigenvalue weighted by atomic mass is 9.88. The molecule has 2 atom stereocenters. The summed E-state index contributed by atoms with van der Waals surface area (Å²) in [6.45, 7) is 3.45. The number of nitrogens with one attached hydrogen (secondary N) is 1. The maximum Gasteiger partial charge on any atom is 0.404 e. The number of nitrogens with zero attached hydrogens (tertiary/aromatic N) is 3. The maximum atomic E-state index is 15.6. The number of alkyl halides is 7. The summed E-state index contributed by atoms with van der Waals surface area (Å²) < 4.78 is 143. The van der Waals surface area contributed by atoms with E-state index in [0.717, 1.165) is 4.90 Å². The van der Waals surface area contributed by atoms with Crippen LogP contribution in [0.25, 0.3) is 21.1 Å². The van der Waals surface area contributed by atoms with Crippen LogP contribution >= 0.6 is 11.3 Å². The number of thiazole rings is 1. The van der Waals surface area contributed by atoms with Crippen molar-refractivity contribution in [3.8, 4) is 21.1 Å². The zero-order valence-electron chi connectivity index (χ0n) is 24.8. The summed E-state index contributed by atoms with van der Waals surface area (Å²) in [6.07, 6.45) is -9.79. The van der Waals surface area contributed by atoms with E-state index in [1.54, 1.807) is 0 Å². The monoisotopic (exact) mass is 718 g/mol. The molecule has 0 saturated carbocycles. The Labute approximate surface area is 265 Å². The average Bonchev–Trinajstić information content (AvgIpc) is 3.63. The molecule has 47 heavy (non-hydrogen) atoms. The molecule has 1 aromatic carbocycles. The van der Waals surface area contributed by atoms with Crippen molar-refractivity contribution in [1.82, 2.24) is 19.8 Å². The molecule has 0 radical (unpaired) electrons. The number of benzene rings is 1. The van der Waals surface area contributed by atoms with Gasteiger partial charge in [-0.2, -0.15) is 17.9 Å². The number of carboxylic acids is 1. The lowest BCUT2D eigenvalue weighted by Gasteiger charge is -2.21. The van der Waals surface area contributed by atoms with Crippen molar-refractivity contribution in [2.24, 2.45) is 5.41 Å². The van der Waals surface area contributed by atoms with Gasteiger partial charge in [0.25, 0.3) is 18.3 Å². The van der Waals surface area contributed by atoms with Crippen LogP contribution in [-0.4, -0.2) is 71.2 Å². The fraction of sp³-hybridized carbons (Fsp3) is 0.481. The average molecular weight is 719 g/mol. The highest BCUT2D eigenvalue weighted by molar-refractivity contribution is 7.89. The normalized spacial score (nSPS) is 17.8. The summed E-state index contributed by atoms with van der Waals surface area (Å²) in [7, 11) is -5.36. The van der Waals surface area contributed by atoms with Gasteiger partial charge in [-0.15, -0.1) is 11.3 Å². The van der Waals surface area contributed by atoms with Gasteiger partial charge in [0.1, 0.15) is 33.1 Å². The number of aromatic nitrogens is 2. The van der Waals surface area contributed by atoms with Crippen molar-refractivity contribution in [2.45, 2.75) is 76.0 Å². The predicted octanol–water partition coefficient (Wildman–Crippen LogP) is 6.29. The van der Waals surface area contributed by atoms with Crippen LogP contribution in [0.15, 0.2) is 27.6 Å². The third-order valence-corrected chi connectivity index (χ3v) is 9.98. The van der Waals surface area contributed by atoms with E-state index in [2.05, 4.69) is 10.1 Å². The van der Waals surface area contributed by atoms with Crippen LogP contribution in [0.1, 0.15) is 62.4 Å². The van der Waals surface area contributed by atoms with E-state index in [9.17, 15) is 53.8 Å². The summed E-state index contributed by atoms with van der Waals surface area (Å²) in [5.41, 5.74) is -4.55. The molecular formula is C27H26F8N4O6S2. The molecule has 1 amide bonds. The fourth-order valence-electron chi connectivity index (χ4n) is 4.74. The van der Waals surface area contributed by atoms with Crippen LogP contribution in [0.3, 0.4) is 0 Å². The van der Waals surface area contributed by atoms with Gasteiger partial charge in [-0.05, 0) is 33.8 Å². The zero-order chi connectivity index (χ0) is 35.4. The Morgan fingerprint density at radius 3 is 2.40 bits per heavy atom. The van der Waals surface area contributed by atoms with Crippen molar-refractivity contribution in [3.63, 3.8) is 0 Å². The fourth-order valence-corrected chi connectivity index (χ4v) is 7.11. The number of hydrogen-bond acceptors (Lipinski definition) is 8. The van der Waals surface area contributed by atoms with Crippen molar-refractivity contribution in [1.29, 1.82) is 0 Å². The molecule has 4 rings (SSSR count). The number of hydrogen-bond donors (Lipinski definition) is 2. The van der Waals surface area contributed by atoms with Gasteiger partial charge in [-0.25, -0.2) is 35.4 Å². The summed E-state index contributed by atoms with van der Waals surface area (Å²) in [5.74, 6) is -7.72. The molecule has 0 aliphatic carbocycles. The Morgan fingerprint density at radius 1 is 1.23 bits per heavy atom. The summed E-state index contributed by atoms with van der Waals surface area (Å²) in [5, 5.41) is 13.0. The Hall–Kier alpha value is -3.65. The molecular weight excluding hydrogens is 692 g/mol. The van der Waals surface area contributed by atoms with Crippen molar-refractivity contribution in [3.05, 3.63) is 41.0 Å². The van der Waals surface area contributed by atoms with E-state index >= 15 is 4.39 Å². The first-order valence-corrected chi connectivity index (χ1v) is 15.8. The smallest absolute Gasteiger partial charge is 0.404 e. The second-order valence-corrected chi connectivity index (χ2v) is 14.3. The van der Waals surface area contributed by atoms with Gasteiger partial charge in [0.15, 0.2) is 5.82 Å². The topological polar surface area (TPSA) is 143 Å². The first-order valence-electron chi connectivity index (χ1n) is 13.5. The van der Waals surface area contributed by atoms with Gasteiger partial charge in [-0.3, -0.25) is 9.59 Å². The van der Waals surface area contributed by atoms with Gasteiger partial charge >= 0.3 is 12.1 Å². The van der Waals surface area contributed by atoms with E-state index in [1.807, 2.05) is 0 Å². The van der Waals surface area contributed by atoms with Crippen LogP contribution in [0.5, 0.6) is 0 Å². The molecule has 2 aromatic heterocycles. The molecule has 0 bridgehead atoms. The number of carbonyl (C=O) groups is 2. The van der Waals surface area contributed by atoms with Crippen molar-refractivity contribution >= 4 is 33.2 Å². The number of carbonyl (C=O) groups excluding carboxylic acids is 1. The minimum atomic E-state index is -5.36. The SMILES string of the molecule is C[C@H](NS(=O)(=O)c1ccc(-c2sc(-c3cc(CC(C)(C)C(=O)O)on3)nc2C(=O)N2CC(F)(F)C[C@@H]2C)c(C(F)F)c1F)C(F)(F)F. The van der Waals surface area contributed by atoms with Crippen LogP contribution < -0.4 is 4.72 Å². The van der Waals surface area contributed by atoms with E-state index in [-0.39, 0.29) is 22.9 Å². The molecule has 1 fully saturated rings. The first-order chi connectivity index (χ1) is 21.4. The highest BCUT2D eigenvalue weighted by Gasteiger charge is 2.46. The minimum Gasteiger partial charge on any atom is -0.481 e. The molecule has 10 nitrogen and oxygen atoms in total. The second-order valence-electron chi connectivity index (χ2n) is 11.6. The molecule has 0 unspecified atom stereocenters. The van der Waals surface area contributed by atoms with Crippen LogP contribution in [-0.2, 0) is 21.2 Å². The van der Waals surface area contributed by atoms with Gasteiger partial charge in [-0.1, -0.05) is 11.2 Å². The number of rotatable bonds is 10. The molecule has 0 spiro atoms. The highest BCUT2D eigenvalue weighted by Crippen LogP contribution is 2.44. The van der Waals surface area contributed by atoms with Crippen molar-refractivity contribution < 1.29 is 62.8 Å². The van der Waals surface area contributed by atoms with Crippen LogP contribution in [0, 0.1) is 11.2 Å². The highest BCUT2D eigenvalue weighted by atomic mass is 32.2. The number of amides is 1. The van der Waals surface area contributed by atoms with Gasteiger partial charge < -0.3 is 14.5 Å². The van der Waals surface area contributed by atoms with Crippen LogP contribution in [0.4, 0.5) is 35.1 Å². The van der Waals surface area contributed by atoms with Gasteiger partial charge in [0.05, 0.1) is 22.4 Å². The number of aliphatic carboxylic acids is 1. The molecule has 3 heterocycles. The predicted molar refractivity (Wildman–Crippen MR) is 149 cm³/mol. The van der Waals surface area contributed by atoms with Gasteiger partial charge in [0.2, 0.25) is 10.0 Å². The summed E-state index contributed by atoms with van der Waals surface area (Å²) >= 11 is 0.460. The molecule has 2 N–H and O–H groups in total. The Bertz CT molecular complexity index is 1810. The summed E-state index contributed by atoms with van der Waals surface area (Å²) in [4.78, 5) is 27.9. The summed E-state index contributed by atoms with van der Waals surface area (Å²) in [6, 6.07) is -1.47. The Balaban J connectivity index is 1.88. The largest absolute Gasteiger partial charge is 0.481 e. The number of sulfonamides is 1. The molecule has 258 valence electrons. The molecule has 3 aromatic rings. The van der Waals surface area contributed by atoms with E-state index in [4.69, 9.17) is 4.52 Å². The number of carboxylic acid groups (broad SMARTS) is 1. The maximum absolute atomic E-state index is 15.6. The Kier molecular flexibility index (Phi) is 9.56. The molecule has 1 aliphatic rings. The van der Waals surface area contributed by atoms with Crippen LogP contribution in [0.2, 0.25) is 0 Å². The van der Waals surface area contributed by atoms with E-state index in [1.165, 1.54) is 31.6 Å². The third kappa shape index (κ3) is 7.43. The quantitative estimate of drug-likeness (QED) is 0.233.